The molecule has 1 aliphatic heterocycles. The number of nitrogens with zero attached hydrogens (tertiary/aromatic N) is 5. The summed E-state index contributed by atoms with van der Waals surface area (Å²) in [5.74, 6) is 1.64. The Morgan fingerprint density at radius 3 is 2.82 bits per heavy atom. The van der Waals surface area contributed by atoms with Gasteiger partial charge in [0.15, 0.2) is 10.8 Å². The third kappa shape index (κ3) is 4.41. The van der Waals surface area contributed by atoms with E-state index in [1.54, 1.807) is 0 Å². The van der Waals surface area contributed by atoms with Gasteiger partial charge in [0.25, 0.3) is 0 Å². The van der Waals surface area contributed by atoms with E-state index < -0.39 is 0 Å². The molecule has 8 nitrogen and oxygen atoms in total. The first-order valence-electron chi connectivity index (χ1n) is 10.1. The van der Waals surface area contributed by atoms with Crippen LogP contribution >= 0.6 is 11.8 Å². The summed E-state index contributed by atoms with van der Waals surface area (Å²) in [6.07, 6.45) is 9.38. The second kappa shape index (κ2) is 9.09. The Bertz CT molecular complexity index is 814. The fourth-order valence-electron chi connectivity index (χ4n) is 4.04. The maximum atomic E-state index is 12.2. The number of aromatic nitrogens is 4. The molecule has 0 radical (unpaired) electrons. The lowest BCUT2D eigenvalue weighted by molar-refractivity contribution is -0.122. The van der Waals surface area contributed by atoms with Crippen molar-refractivity contribution in [2.75, 3.05) is 44.0 Å². The van der Waals surface area contributed by atoms with Crippen LogP contribution in [0.25, 0.3) is 11.0 Å². The number of nitrogens with one attached hydrogen (secondary N) is 1. The number of morpholine rings is 1. The van der Waals surface area contributed by atoms with E-state index >= 15 is 0 Å². The summed E-state index contributed by atoms with van der Waals surface area (Å²) in [5, 5.41) is 9.26. The smallest absolute Gasteiger partial charge is 0.220 e. The van der Waals surface area contributed by atoms with Crippen LogP contribution in [0.3, 0.4) is 0 Å². The molecule has 4 rings (SSSR count). The van der Waals surface area contributed by atoms with E-state index in [2.05, 4.69) is 20.3 Å². The molecule has 1 saturated heterocycles. The highest BCUT2D eigenvalue weighted by molar-refractivity contribution is 7.98. The molecule has 0 aromatic carbocycles. The molecule has 9 heteroatoms. The highest BCUT2D eigenvalue weighted by Gasteiger charge is 2.20. The molecule has 1 saturated carbocycles. The monoisotopic (exact) mass is 404 g/mol. The Morgan fingerprint density at radius 2 is 2.07 bits per heavy atom. The molecule has 0 spiro atoms. The van der Waals surface area contributed by atoms with E-state index in [1.807, 2.05) is 17.1 Å². The van der Waals surface area contributed by atoms with Gasteiger partial charge in [0.05, 0.1) is 31.3 Å². The number of hydrogen-bond acceptors (Lipinski definition) is 7. The van der Waals surface area contributed by atoms with Crippen molar-refractivity contribution in [3.8, 4) is 0 Å². The number of fused-ring (bicyclic) bond motifs is 1. The fraction of sp³-hybridized carbons (Fsp3) is 0.684. The van der Waals surface area contributed by atoms with Crippen molar-refractivity contribution < 1.29 is 9.53 Å². The normalized spacial score (nSPS) is 18.1. The highest BCUT2D eigenvalue weighted by Crippen LogP contribution is 2.28. The van der Waals surface area contributed by atoms with Gasteiger partial charge in [-0.3, -0.25) is 4.79 Å². The number of rotatable bonds is 7. The SMILES string of the molecule is CSc1nc(N2CCOCC2)c2cnn(CCNC(=O)CC3CCCC3)c2n1. The molecule has 0 bridgehead atoms. The van der Waals surface area contributed by atoms with E-state index in [0.29, 0.717) is 38.6 Å². The zero-order valence-electron chi connectivity index (χ0n) is 16.4. The molecular weight excluding hydrogens is 376 g/mol. The van der Waals surface area contributed by atoms with Crippen molar-refractivity contribution in [3.63, 3.8) is 0 Å². The van der Waals surface area contributed by atoms with Crippen LogP contribution in [-0.2, 0) is 16.1 Å². The van der Waals surface area contributed by atoms with Crippen LogP contribution in [0.1, 0.15) is 32.1 Å². The minimum absolute atomic E-state index is 0.150. The first-order chi connectivity index (χ1) is 13.7. The van der Waals surface area contributed by atoms with E-state index in [0.717, 1.165) is 35.1 Å². The number of carbonyl (C=O) groups is 1. The Morgan fingerprint density at radius 1 is 1.29 bits per heavy atom. The lowest BCUT2D eigenvalue weighted by Crippen LogP contribution is -2.37. The highest BCUT2D eigenvalue weighted by atomic mass is 32.2. The van der Waals surface area contributed by atoms with Gasteiger partial charge >= 0.3 is 0 Å². The van der Waals surface area contributed by atoms with Crippen molar-refractivity contribution >= 4 is 34.5 Å². The predicted molar refractivity (Wildman–Crippen MR) is 110 cm³/mol. The molecule has 2 aromatic heterocycles. The number of hydrogen-bond donors (Lipinski definition) is 1. The average Bonchev–Trinajstić information content (AvgIpc) is 3.38. The lowest BCUT2D eigenvalue weighted by atomic mass is 10.0. The fourth-order valence-corrected chi connectivity index (χ4v) is 4.40. The summed E-state index contributed by atoms with van der Waals surface area (Å²) in [4.78, 5) is 23.8. The maximum absolute atomic E-state index is 12.2. The molecule has 0 atom stereocenters. The molecule has 28 heavy (non-hydrogen) atoms. The van der Waals surface area contributed by atoms with Crippen LogP contribution in [0.15, 0.2) is 11.4 Å². The van der Waals surface area contributed by atoms with E-state index in [4.69, 9.17) is 9.72 Å². The van der Waals surface area contributed by atoms with Gasteiger partial charge in [-0.25, -0.2) is 14.6 Å². The maximum Gasteiger partial charge on any atom is 0.220 e. The first-order valence-corrected chi connectivity index (χ1v) is 11.3. The lowest BCUT2D eigenvalue weighted by Gasteiger charge is -2.28. The molecule has 2 fully saturated rings. The van der Waals surface area contributed by atoms with Gasteiger partial charge < -0.3 is 15.0 Å². The molecule has 3 heterocycles. The van der Waals surface area contributed by atoms with Gasteiger partial charge in [0.1, 0.15) is 5.82 Å². The summed E-state index contributed by atoms with van der Waals surface area (Å²) >= 11 is 1.53. The van der Waals surface area contributed by atoms with Crippen LogP contribution in [-0.4, -0.2) is 64.8 Å². The van der Waals surface area contributed by atoms with Crippen LogP contribution in [0.5, 0.6) is 0 Å². The quantitative estimate of drug-likeness (QED) is 0.559. The van der Waals surface area contributed by atoms with E-state index in [1.165, 1.54) is 37.4 Å². The Hall–Kier alpha value is -1.87. The van der Waals surface area contributed by atoms with Crippen molar-refractivity contribution in [1.29, 1.82) is 0 Å². The topological polar surface area (TPSA) is 85.2 Å². The van der Waals surface area contributed by atoms with Gasteiger partial charge in [-0.05, 0) is 25.0 Å². The van der Waals surface area contributed by atoms with Gasteiger partial charge in [-0.2, -0.15) is 5.10 Å². The Labute approximate surface area is 169 Å². The molecule has 1 aliphatic carbocycles. The number of thioether (sulfide) groups is 1. The Kier molecular flexibility index (Phi) is 6.31. The third-order valence-corrected chi connectivity index (χ3v) is 6.09. The van der Waals surface area contributed by atoms with Crippen molar-refractivity contribution in [1.82, 2.24) is 25.1 Å². The minimum Gasteiger partial charge on any atom is -0.378 e. The minimum atomic E-state index is 0.150. The van der Waals surface area contributed by atoms with Crippen LogP contribution in [0, 0.1) is 5.92 Å². The number of carbonyl (C=O) groups excluding carboxylic acids is 1. The molecule has 1 amide bonds. The largest absolute Gasteiger partial charge is 0.378 e. The number of amides is 1. The van der Waals surface area contributed by atoms with Crippen molar-refractivity contribution in [3.05, 3.63) is 6.20 Å². The van der Waals surface area contributed by atoms with Gasteiger partial charge in [0.2, 0.25) is 5.91 Å². The van der Waals surface area contributed by atoms with Crippen molar-refractivity contribution in [2.24, 2.45) is 5.92 Å². The summed E-state index contributed by atoms with van der Waals surface area (Å²) in [6.45, 7) is 4.23. The second-order valence-electron chi connectivity index (χ2n) is 7.44. The van der Waals surface area contributed by atoms with Gasteiger partial charge in [-0.1, -0.05) is 24.6 Å². The summed E-state index contributed by atoms with van der Waals surface area (Å²) < 4.78 is 7.34. The van der Waals surface area contributed by atoms with Crippen LogP contribution in [0.2, 0.25) is 0 Å². The molecule has 1 N–H and O–H groups in total. The predicted octanol–water partition coefficient (Wildman–Crippen LogP) is 2.08. The van der Waals surface area contributed by atoms with Gasteiger partial charge in [-0.15, -0.1) is 0 Å². The molecule has 0 unspecified atom stereocenters. The number of anilines is 1. The van der Waals surface area contributed by atoms with E-state index in [-0.39, 0.29) is 5.91 Å². The molecular formula is C19H28N6O2S. The summed E-state index contributed by atoms with van der Waals surface area (Å²) in [6, 6.07) is 0. The second-order valence-corrected chi connectivity index (χ2v) is 8.22. The zero-order valence-corrected chi connectivity index (χ0v) is 17.2. The summed E-state index contributed by atoms with van der Waals surface area (Å²) in [5.41, 5.74) is 0.825. The third-order valence-electron chi connectivity index (χ3n) is 5.54. The zero-order chi connectivity index (χ0) is 19.3. The molecule has 2 aliphatic rings. The standard InChI is InChI=1S/C19H28N6O2S/c1-28-19-22-17(24-8-10-27-11-9-24)15-13-21-25(18(15)23-19)7-6-20-16(26)12-14-4-2-3-5-14/h13-14H,2-12H2,1H3,(H,20,26). The van der Waals surface area contributed by atoms with E-state index in [9.17, 15) is 4.79 Å². The van der Waals surface area contributed by atoms with Crippen LogP contribution < -0.4 is 10.2 Å². The van der Waals surface area contributed by atoms with Crippen molar-refractivity contribution in [2.45, 2.75) is 43.8 Å². The molecule has 152 valence electrons. The van der Waals surface area contributed by atoms with Crippen LogP contribution in [0.4, 0.5) is 5.82 Å². The Balaban J connectivity index is 1.44. The average molecular weight is 405 g/mol. The number of ether oxygens (including phenoxy) is 1. The first kappa shape index (κ1) is 19.4. The van der Waals surface area contributed by atoms with Gasteiger partial charge in [0, 0.05) is 26.1 Å². The summed E-state index contributed by atoms with van der Waals surface area (Å²) in [7, 11) is 0. The molecule has 2 aromatic rings.